The van der Waals surface area contributed by atoms with E-state index in [1.807, 2.05) is 19.2 Å². The molecule has 1 aliphatic rings. The number of carbonyl (C=O) groups is 1. The molecule has 0 spiro atoms. The SMILES string of the molecule is COc1ccc(C(=O)N(C)CC2OCCc3ccccc32)cc1. The van der Waals surface area contributed by atoms with Crippen LogP contribution in [0, 0.1) is 0 Å². The molecule has 23 heavy (non-hydrogen) atoms. The smallest absolute Gasteiger partial charge is 0.253 e. The minimum atomic E-state index is -0.0628. The normalized spacial score (nSPS) is 16.5. The van der Waals surface area contributed by atoms with Gasteiger partial charge in [0.25, 0.3) is 5.91 Å². The van der Waals surface area contributed by atoms with E-state index >= 15 is 0 Å². The van der Waals surface area contributed by atoms with Crippen LogP contribution in [-0.4, -0.2) is 38.1 Å². The molecule has 1 unspecified atom stereocenters. The Hall–Kier alpha value is -2.33. The Morgan fingerprint density at radius 1 is 1.22 bits per heavy atom. The number of fused-ring (bicyclic) bond motifs is 1. The highest BCUT2D eigenvalue weighted by atomic mass is 16.5. The van der Waals surface area contributed by atoms with Crippen molar-refractivity contribution in [2.75, 3.05) is 27.3 Å². The largest absolute Gasteiger partial charge is 0.497 e. The number of amides is 1. The third-order valence-electron chi connectivity index (χ3n) is 4.22. The van der Waals surface area contributed by atoms with Crippen LogP contribution < -0.4 is 4.74 Å². The number of hydrogen-bond acceptors (Lipinski definition) is 3. The van der Waals surface area contributed by atoms with Crippen LogP contribution in [0.15, 0.2) is 48.5 Å². The van der Waals surface area contributed by atoms with Crippen LogP contribution in [-0.2, 0) is 11.2 Å². The van der Waals surface area contributed by atoms with E-state index in [2.05, 4.69) is 12.1 Å². The van der Waals surface area contributed by atoms with E-state index < -0.39 is 0 Å². The zero-order valence-corrected chi connectivity index (χ0v) is 13.5. The molecule has 0 bridgehead atoms. The molecule has 1 atom stereocenters. The van der Waals surface area contributed by atoms with Gasteiger partial charge < -0.3 is 14.4 Å². The van der Waals surface area contributed by atoms with Crippen molar-refractivity contribution < 1.29 is 14.3 Å². The molecule has 2 aromatic rings. The first kappa shape index (κ1) is 15.6. The molecule has 1 heterocycles. The maximum Gasteiger partial charge on any atom is 0.253 e. The Bertz CT molecular complexity index is 681. The summed E-state index contributed by atoms with van der Waals surface area (Å²) in [4.78, 5) is 14.3. The van der Waals surface area contributed by atoms with Gasteiger partial charge in [-0.1, -0.05) is 24.3 Å². The monoisotopic (exact) mass is 311 g/mol. The fourth-order valence-electron chi connectivity index (χ4n) is 2.91. The third kappa shape index (κ3) is 3.37. The van der Waals surface area contributed by atoms with Gasteiger partial charge in [-0.2, -0.15) is 0 Å². The van der Waals surface area contributed by atoms with Crippen molar-refractivity contribution in [3.05, 3.63) is 65.2 Å². The van der Waals surface area contributed by atoms with Crippen molar-refractivity contribution in [3.8, 4) is 5.75 Å². The lowest BCUT2D eigenvalue weighted by molar-refractivity contribution is 0.0200. The number of rotatable bonds is 4. The second-order valence-electron chi connectivity index (χ2n) is 5.72. The number of likely N-dealkylation sites (N-methyl/N-ethyl adjacent to an activating group) is 1. The summed E-state index contributed by atoms with van der Waals surface area (Å²) in [5.41, 5.74) is 3.15. The van der Waals surface area contributed by atoms with Gasteiger partial charge in [-0.05, 0) is 41.8 Å². The second-order valence-corrected chi connectivity index (χ2v) is 5.72. The minimum absolute atomic E-state index is 0.0145. The summed E-state index contributed by atoms with van der Waals surface area (Å²) in [6, 6.07) is 15.5. The van der Waals surface area contributed by atoms with Crippen LogP contribution >= 0.6 is 0 Å². The highest BCUT2D eigenvalue weighted by Gasteiger charge is 2.24. The maximum atomic E-state index is 12.6. The fraction of sp³-hybridized carbons (Fsp3) is 0.316. The summed E-state index contributed by atoms with van der Waals surface area (Å²) in [6.07, 6.45) is 0.871. The number of methoxy groups -OCH3 is 1. The van der Waals surface area contributed by atoms with Crippen molar-refractivity contribution >= 4 is 5.91 Å². The van der Waals surface area contributed by atoms with Crippen molar-refractivity contribution in [1.82, 2.24) is 4.90 Å². The zero-order valence-electron chi connectivity index (χ0n) is 13.5. The summed E-state index contributed by atoms with van der Waals surface area (Å²) in [5.74, 6) is 0.730. The molecule has 1 amide bonds. The van der Waals surface area contributed by atoms with Crippen LogP contribution in [0.5, 0.6) is 5.75 Å². The van der Waals surface area contributed by atoms with Gasteiger partial charge >= 0.3 is 0 Å². The molecule has 4 heteroatoms. The van der Waals surface area contributed by atoms with Gasteiger partial charge in [0.2, 0.25) is 0 Å². The van der Waals surface area contributed by atoms with Crippen molar-refractivity contribution in [2.45, 2.75) is 12.5 Å². The van der Waals surface area contributed by atoms with Gasteiger partial charge in [-0.3, -0.25) is 4.79 Å². The van der Waals surface area contributed by atoms with Crippen molar-refractivity contribution in [3.63, 3.8) is 0 Å². The van der Waals surface area contributed by atoms with E-state index in [9.17, 15) is 4.79 Å². The molecule has 0 aromatic heterocycles. The number of ether oxygens (including phenoxy) is 2. The molecule has 0 fully saturated rings. The number of hydrogen-bond donors (Lipinski definition) is 0. The van der Waals surface area contributed by atoms with E-state index in [0.29, 0.717) is 18.7 Å². The molecule has 0 radical (unpaired) electrons. The van der Waals surface area contributed by atoms with Crippen LogP contribution in [0.2, 0.25) is 0 Å². The number of benzene rings is 2. The Morgan fingerprint density at radius 2 is 1.96 bits per heavy atom. The molecule has 0 saturated carbocycles. The third-order valence-corrected chi connectivity index (χ3v) is 4.22. The molecule has 0 N–H and O–H groups in total. The maximum absolute atomic E-state index is 12.6. The summed E-state index contributed by atoms with van der Waals surface area (Å²) >= 11 is 0. The standard InChI is InChI=1S/C19H21NO3/c1-20(19(21)15-7-9-16(22-2)10-8-15)13-18-17-6-4-3-5-14(17)11-12-23-18/h3-10,18H,11-13H2,1-2H3. The van der Waals surface area contributed by atoms with Gasteiger partial charge in [-0.25, -0.2) is 0 Å². The molecular weight excluding hydrogens is 290 g/mol. The van der Waals surface area contributed by atoms with Crippen molar-refractivity contribution in [2.24, 2.45) is 0 Å². The van der Waals surface area contributed by atoms with Crippen LogP contribution in [0.25, 0.3) is 0 Å². The highest BCUT2D eigenvalue weighted by molar-refractivity contribution is 5.94. The van der Waals surface area contributed by atoms with E-state index in [0.717, 1.165) is 12.2 Å². The summed E-state index contributed by atoms with van der Waals surface area (Å²) in [5, 5.41) is 0. The fourth-order valence-corrected chi connectivity index (χ4v) is 2.91. The Kier molecular flexibility index (Phi) is 4.63. The van der Waals surface area contributed by atoms with Crippen LogP contribution in [0.3, 0.4) is 0 Å². The number of nitrogens with zero attached hydrogens (tertiary/aromatic N) is 1. The zero-order chi connectivity index (χ0) is 16.2. The average molecular weight is 311 g/mol. The lowest BCUT2D eigenvalue weighted by Crippen LogP contribution is -2.33. The van der Waals surface area contributed by atoms with Crippen LogP contribution in [0.4, 0.5) is 0 Å². The van der Waals surface area contributed by atoms with Gasteiger partial charge in [0, 0.05) is 12.6 Å². The Labute approximate surface area is 136 Å². The molecule has 4 nitrogen and oxygen atoms in total. The number of carbonyl (C=O) groups excluding carboxylic acids is 1. The lowest BCUT2D eigenvalue weighted by atomic mass is 9.97. The topological polar surface area (TPSA) is 38.8 Å². The molecule has 3 rings (SSSR count). The van der Waals surface area contributed by atoms with E-state index in [1.165, 1.54) is 11.1 Å². The predicted octanol–water partition coefficient (Wildman–Crippen LogP) is 3.08. The van der Waals surface area contributed by atoms with Gasteiger partial charge in [0.05, 0.1) is 20.3 Å². The van der Waals surface area contributed by atoms with Crippen molar-refractivity contribution in [1.29, 1.82) is 0 Å². The van der Waals surface area contributed by atoms with Gasteiger partial charge in [0.15, 0.2) is 0 Å². The van der Waals surface area contributed by atoms with Gasteiger partial charge in [-0.15, -0.1) is 0 Å². The predicted molar refractivity (Wildman–Crippen MR) is 88.8 cm³/mol. The minimum Gasteiger partial charge on any atom is -0.497 e. The summed E-state index contributed by atoms with van der Waals surface area (Å²) in [7, 11) is 3.42. The van der Waals surface area contributed by atoms with E-state index in [1.54, 1.807) is 36.3 Å². The Morgan fingerprint density at radius 3 is 2.70 bits per heavy atom. The Balaban J connectivity index is 1.71. The summed E-state index contributed by atoms with van der Waals surface area (Å²) < 4.78 is 11.0. The first-order chi connectivity index (χ1) is 11.2. The first-order valence-electron chi connectivity index (χ1n) is 7.78. The lowest BCUT2D eigenvalue weighted by Gasteiger charge is -2.29. The molecular formula is C19H21NO3. The molecule has 0 aliphatic carbocycles. The van der Waals surface area contributed by atoms with E-state index in [-0.39, 0.29) is 12.0 Å². The first-order valence-corrected chi connectivity index (χ1v) is 7.78. The van der Waals surface area contributed by atoms with Crippen LogP contribution in [0.1, 0.15) is 27.6 Å². The van der Waals surface area contributed by atoms with E-state index in [4.69, 9.17) is 9.47 Å². The second kappa shape index (κ2) is 6.84. The van der Waals surface area contributed by atoms with Gasteiger partial charge in [0.1, 0.15) is 11.9 Å². The summed E-state index contributed by atoms with van der Waals surface area (Å²) in [6.45, 7) is 1.24. The molecule has 2 aromatic carbocycles. The molecule has 0 saturated heterocycles. The average Bonchev–Trinajstić information content (AvgIpc) is 2.61. The molecule has 1 aliphatic heterocycles. The quantitative estimate of drug-likeness (QED) is 0.871. The molecule has 120 valence electrons. The highest BCUT2D eigenvalue weighted by Crippen LogP contribution is 2.27.